The predicted octanol–water partition coefficient (Wildman–Crippen LogP) is 3.12. The molecule has 0 aliphatic carbocycles. The Labute approximate surface area is 196 Å². The van der Waals surface area contributed by atoms with Crippen LogP contribution in [0.5, 0.6) is 0 Å². The van der Waals surface area contributed by atoms with Gasteiger partial charge in [0.2, 0.25) is 17.7 Å². The van der Waals surface area contributed by atoms with Crippen LogP contribution in [0.3, 0.4) is 0 Å². The third kappa shape index (κ3) is 4.65. The Bertz CT molecular complexity index is 1020. The molecular formula is C27H33N3O3. The van der Waals surface area contributed by atoms with Gasteiger partial charge in [-0.15, -0.1) is 0 Å². The van der Waals surface area contributed by atoms with Gasteiger partial charge in [0.25, 0.3) is 0 Å². The Kier molecular flexibility index (Phi) is 6.82. The Hall–Kier alpha value is -3.15. The molecule has 2 saturated heterocycles. The number of carbonyl (C=O) groups is 3. The van der Waals surface area contributed by atoms with Crippen LogP contribution >= 0.6 is 0 Å². The van der Waals surface area contributed by atoms with Crippen molar-refractivity contribution in [3.63, 3.8) is 0 Å². The van der Waals surface area contributed by atoms with E-state index in [1.54, 1.807) is 4.90 Å². The summed E-state index contributed by atoms with van der Waals surface area (Å²) in [5, 5.41) is 3.02. The van der Waals surface area contributed by atoms with E-state index in [9.17, 15) is 14.4 Å². The number of likely N-dealkylation sites (tertiary alicyclic amines) is 2. The van der Waals surface area contributed by atoms with Gasteiger partial charge in [0, 0.05) is 39.1 Å². The van der Waals surface area contributed by atoms with Crippen molar-refractivity contribution in [1.29, 1.82) is 0 Å². The molecule has 2 atom stereocenters. The number of rotatable bonds is 7. The van der Waals surface area contributed by atoms with Gasteiger partial charge in [0.15, 0.2) is 0 Å². The maximum absolute atomic E-state index is 13.3. The molecule has 1 N–H and O–H groups in total. The predicted molar refractivity (Wildman–Crippen MR) is 128 cm³/mol. The van der Waals surface area contributed by atoms with E-state index in [0.29, 0.717) is 45.6 Å². The second-order valence-corrected chi connectivity index (χ2v) is 9.18. The van der Waals surface area contributed by atoms with E-state index in [0.717, 1.165) is 16.7 Å². The first kappa shape index (κ1) is 23.0. The minimum Gasteiger partial charge on any atom is -0.356 e. The van der Waals surface area contributed by atoms with Crippen molar-refractivity contribution in [2.45, 2.75) is 33.1 Å². The van der Waals surface area contributed by atoms with Crippen molar-refractivity contribution in [3.05, 3.63) is 60.2 Å². The average Bonchev–Trinajstić information content (AvgIpc) is 3.44. The van der Waals surface area contributed by atoms with E-state index in [1.807, 2.05) is 49.1 Å². The summed E-state index contributed by atoms with van der Waals surface area (Å²) in [5.41, 5.74) is 2.67. The van der Waals surface area contributed by atoms with Gasteiger partial charge in [-0.05, 0) is 43.4 Å². The fourth-order valence-corrected chi connectivity index (χ4v) is 5.26. The molecule has 2 aliphatic heterocycles. The molecule has 2 heterocycles. The third-order valence-electron chi connectivity index (χ3n) is 7.06. The normalized spacial score (nSPS) is 22.6. The van der Waals surface area contributed by atoms with E-state index in [4.69, 9.17) is 0 Å². The van der Waals surface area contributed by atoms with Crippen LogP contribution < -0.4 is 5.32 Å². The largest absolute Gasteiger partial charge is 0.356 e. The van der Waals surface area contributed by atoms with Crippen LogP contribution in [-0.2, 0) is 20.8 Å². The Morgan fingerprint density at radius 3 is 2.48 bits per heavy atom. The summed E-state index contributed by atoms with van der Waals surface area (Å²) in [6, 6.07) is 18.4. The molecule has 2 aliphatic rings. The monoisotopic (exact) mass is 447 g/mol. The topological polar surface area (TPSA) is 69.7 Å². The molecule has 2 fully saturated rings. The summed E-state index contributed by atoms with van der Waals surface area (Å²) in [5.74, 6) is -0.261. The summed E-state index contributed by atoms with van der Waals surface area (Å²) in [4.78, 5) is 42.3. The Morgan fingerprint density at radius 2 is 1.79 bits per heavy atom. The highest BCUT2D eigenvalue weighted by Gasteiger charge is 2.48. The van der Waals surface area contributed by atoms with E-state index in [-0.39, 0.29) is 30.1 Å². The van der Waals surface area contributed by atoms with Crippen LogP contribution in [0.15, 0.2) is 54.6 Å². The molecule has 2 aromatic carbocycles. The maximum Gasteiger partial charge on any atom is 0.228 e. The molecule has 174 valence electrons. The van der Waals surface area contributed by atoms with Gasteiger partial charge in [-0.1, -0.05) is 54.6 Å². The highest BCUT2D eigenvalue weighted by atomic mass is 16.2. The number of nitrogens with one attached hydrogen (secondary N) is 1. The van der Waals surface area contributed by atoms with E-state index >= 15 is 0 Å². The minimum absolute atomic E-state index is 0.000785. The number of carbonyl (C=O) groups excluding carboxylic acids is 3. The van der Waals surface area contributed by atoms with Crippen molar-refractivity contribution in [1.82, 2.24) is 15.1 Å². The molecule has 0 spiro atoms. The van der Waals surface area contributed by atoms with Gasteiger partial charge in [-0.25, -0.2) is 0 Å². The van der Waals surface area contributed by atoms with Crippen molar-refractivity contribution in [2.24, 2.45) is 11.3 Å². The van der Waals surface area contributed by atoms with E-state index in [2.05, 4.69) is 29.6 Å². The SMILES string of the molecule is CCNC(=O)[C@]1(Cc2ccccc2-c2ccccc2)CCN(C(=O)[C@@H]2CC(=O)N(CC)C2)C1. The van der Waals surface area contributed by atoms with Crippen molar-refractivity contribution in [2.75, 3.05) is 32.7 Å². The van der Waals surface area contributed by atoms with Crippen LogP contribution in [0.2, 0.25) is 0 Å². The van der Waals surface area contributed by atoms with Gasteiger partial charge in [0.05, 0.1) is 11.3 Å². The Morgan fingerprint density at radius 1 is 1.06 bits per heavy atom. The van der Waals surface area contributed by atoms with E-state index in [1.165, 1.54) is 0 Å². The summed E-state index contributed by atoms with van der Waals surface area (Å²) < 4.78 is 0. The third-order valence-corrected chi connectivity index (χ3v) is 7.06. The van der Waals surface area contributed by atoms with Crippen LogP contribution in [-0.4, -0.2) is 60.2 Å². The van der Waals surface area contributed by atoms with Gasteiger partial charge < -0.3 is 15.1 Å². The zero-order chi connectivity index (χ0) is 23.4. The highest BCUT2D eigenvalue weighted by molar-refractivity contribution is 5.91. The molecule has 0 bridgehead atoms. The molecule has 0 unspecified atom stereocenters. The molecule has 33 heavy (non-hydrogen) atoms. The fourth-order valence-electron chi connectivity index (χ4n) is 5.26. The molecule has 0 saturated carbocycles. The molecular weight excluding hydrogens is 414 g/mol. The van der Waals surface area contributed by atoms with Crippen molar-refractivity contribution >= 4 is 17.7 Å². The van der Waals surface area contributed by atoms with Crippen LogP contribution in [0.1, 0.15) is 32.3 Å². The van der Waals surface area contributed by atoms with Gasteiger partial charge in [-0.2, -0.15) is 0 Å². The number of nitrogens with zero attached hydrogens (tertiary/aromatic N) is 2. The molecule has 0 radical (unpaired) electrons. The lowest BCUT2D eigenvalue weighted by molar-refractivity contribution is -0.136. The first-order chi connectivity index (χ1) is 16.0. The lowest BCUT2D eigenvalue weighted by Gasteiger charge is -2.30. The molecule has 6 heteroatoms. The van der Waals surface area contributed by atoms with Gasteiger partial charge in [0.1, 0.15) is 0 Å². The Balaban J connectivity index is 1.59. The fraction of sp³-hybridized carbons (Fsp3) is 0.444. The standard InChI is InChI=1S/C27H33N3O3/c1-3-28-26(33)27(17-21-12-8-9-13-23(21)20-10-6-5-7-11-20)14-15-30(19-27)25(32)22-16-24(31)29(4-2)18-22/h5-13,22H,3-4,14-19H2,1-2H3,(H,28,33)/t22-,27+/m1/s1. The van der Waals surface area contributed by atoms with Gasteiger partial charge in [-0.3, -0.25) is 14.4 Å². The molecule has 2 aromatic rings. The van der Waals surface area contributed by atoms with E-state index < -0.39 is 5.41 Å². The number of hydrogen-bond acceptors (Lipinski definition) is 3. The lowest BCUT2D eigenvalue weighted by Crippen LogP contribution is -2.46. The first-order valence-electron chi connectivity index (χ1n) is 12.0. The number of hydrogen-bond donors (Lipinski definition) is 1. The lowest BCUT2D eigenvalue weighted by atomic mass is 9.78. The summed E-state index contributed by atoms with van der Waals surface area (Å²) in [7, 11) is 0. The zero-order valence-corrected chi connectivity index (χ0v) is 19.5. The minimum atomic E-state index is -0.677. The smallest absolute Gasteiger partial charge is 0.228 e. The van der Waals surface area contributed by atoms with Crippen LogP contribution in [0, 0.1) is 11.3 Å². The van der Waals surface area contributed by atoms with Crippen LogP contribution in [0.4, 0.5) is 0 Å². The quantitative estimate of drug-likeness (QED) is 0.709. The zero-order valence-electron chi connectivity index (χ0n) is 19.5. The van der Waals surface area contributed by atoms with Crippen LogP contribution in [0.25, 0.3) is 11.1 Å². The number of amides is 3. The van der Waals surface area contributed by atoms with Crippen molar-refractivity contribution < 1.29 is 14.4 Å². The maximum atomic E-state index is 13.3. The summed E-state index contributed by atoms with van der Waals surface area (Å²) >= 11 is 0. The molecule has 3 amide bonds. The molecule has 4 rings (SSSR count). The molecule has 6 nitrogen and oxygen atoms in total. The highest BCUT2D eigenvalue weighted by Crippen LogP contribution is 2.38. The second kappa shape index (κ2) is 9.77. The second-order valence-electron chi connectivity index (χ2n) is 9.18. The number of benzene rings is 2. The first-order valence-corrected chi connectivity index (χ1v) is 12.0. The molecule has 0 aromatic heterocycles. The average molecular weight is 448 g/mol. The summed E-state index contributed by atoms with van der Waals surface area (Å²) in [6.45, 7) is 6.45. The van der Waals surface area contributed by atoms with Crippen molar-refractivity contribution in [3.8, 4) is 11.1 Å². The summed E-state index contributed by atoms with van der Waals surface area (Å²) in [6.07, 6.45) is 1.46. The van der Waals surface area contributed by atoms with Gasteiger partial charge >= 0.3 is 0 Å².